The molecule has 15 heavy (non-hydrogen) atoms. The Labute approximate surface area is 87.9 Å². The molecule has 0 spiro atoms. The molecule has 0 aromatic carbocycles. The molecule has 6 nitrogen and oxygen atoms in total. The van der Waals surface area contributed by atoms with Crippen molar-refractivity contribution in [2.45, 2.75) is 6.42 Å². The Morgan fingerprint density at radius 3 is 2.60 bits per heavy atom. The maximum Gasteiger partial charge on any atom is 0.396 e. The minimum absolute atomic E-state index is 0.0778. The monoisotopic (exact) mass is 235 g/mol. The molecule has 0 bridgehead atoms. The number of rotatable bonds is 2. The first kappa shape index (κ1) is 12.0. The van der Waals surface area contributed by atoms with Gasteiger partial charge in [0.25, 0.3) is 0 Å². The largest absolute Gasteiger partial charge is 0.462 e. The molecule has 0 aliphatic carbocycles. The summed E-state index contributed by atoms with van der Waals surface area (Å²) >= 11 is 0. The number of hydrogen-bond acceptors (Lipinski definition) is 5. The molecule has 0 aromatic heterocycles. The predicted molar refractivity (Wildman–Crippen MR) is 51.8 cm³/mol. The van der Waals surface area contributed by atoms with Crippen LogP contribution in [0.15, 0.2) is 0 Å². The van der Waals surface area contributed by atoms with E-state index in [2.05, 4.69) is 10.1 Å². The van der Waals surface area contributed by atoms with Gasteiger partial charge in [-0.2, -0.15) is 0 Å². The van der Waals surface area contributed by atoms with Crippen LogP contribution in [0.3, 0.4) is 0 Å². The Balaban J connectivity index is 2.33. The van der Waals surface area contributed by atoms with E-state index in [0.29, 0.717) is 6.42 Å². The molecule has 1 unspecified atom stereocenters. The van der Waals surface area contributed by atoms with Crippen LogP contribution in [0.25, 0.3) is 0 Å². The summed E-state index contributed by atoms with van der Waals surface area (Å²) in [5.74, 6) is -1.65. The molecule has 0 saturated carbocycles. The van der Waals surface area contributed by atoms with Crippen LogP contribution in [0.4, 0.5) is 0 Å². The number of nitrogens with one attached hydrogen (secondary N) is 1. The maximum absolute atomic E-state index is 11.1. The minimum Gasteiger partial charge on any atom is -0.462 e. The fourth-order valence-corrected chi connectivity index (χ4v) is 3.30. The number of hydrogen-bond donors (Lipinski definition) is 1. The number of carbonyl (C=O) groups excluding carboxylic acids is 2. The van der Waals surface area contributed by atoms with Crippen LogP contribution in [-0.4, -0.2) is 45.5 Å². The Hall–Kier alpha value is -1.11. The summed E-state index contributed by atoms with van der Waals surface area (Å²) in [5, 5.41) is 2.34. The van der Waals surface area contributed by atoms with E-state index >= 15 is 0 Å². The highest BCUT2D eigenvalue weighted by atomic mass is 32.2. The molecule has 1 amide bonds. The van der Waals surface area contributed by atoms with Crippen molar-refractivity contribution in [3.63, 3.8) is 0 Å². The normalized spacial score (nSPS) is 23.4. The van der Waals surface area contributed by atoms with Gasteiger partial charge in [-0.05, 0) is 12.3 Å². The first-order valence-electron chi connectivity index (χ1n) is 4.51. The second kappa shape index (κ2) is 4.61. The van der Waals surface area contributed by atoms with E-state index in [4.69, 9.17) is 0 Å². The third-order valence-corrected chi connectivity index (χ3v) is 4.09. The van der Waals surface area contributed by atoms with Gasteiger partial charge in [-0.3, -0.25) is 4.79 Å². The van der Waals surface area contributed by atoms with Crippen molar-refractivity contribution in [2.24, 2.45) is 5.92 Å². The topological polar surface area (TPSA) is 89.5 Å². The zero-order valence-corrected chi connectivity index (χ0v) is 9.17. The van der Waals surface area contributed by atoms with Gasteiger partial charge in [0.2, 0.25) is 0 Å². The molecule has 0 aromatic rings. The highest BCUT2D eigenvalue weighted by Crippen LogP contribution is 2.17. The molecule has 1 fully saturated rings. The molecular weight excluding hydrogens is 222 g/mol. The van der Waals surface area contributed by atoms with E-state index in [-0.39, 0.29) is 24.0 Å². The van der Waals surface area contributed by atoms with Gasteiger partial charge in [0.05, 0.1) is 18.6 Å². The summed E-state index contributed by atoms with van der Waals surface area (Å²) in [4.78, 5) is 21.6. The third-order valence-electron chi connectivity index (χ3n) is 2.25. The van der Waals surface area contributed by atoms with E-state index < -0.39 is 21.7 Å². The van der Waals surface area contributed by atoms with Crippen molar-refractivity contribution >= 4 is 21.7 Å². The van der Waals surface area contributed by atoms with E-state index in [1.54, 1.807) is 0 Å². The van der Waals surface area contributed by atoms with Gasteiger partial charge in [0.15, 0.2) is 9.84 Å². The van der Waals surface area contributed by atoms with E-state index in [9.17, 15) is 18.0 Å². The van der Waals surface area contributed by atoms with Gasteiger partial charge < -0.3 is 10.1 Å². The Kier molecular flexibility index (Phi) is 3.67. The quantitative estimate of drug-likeness (QED) is 0.475. The number of amides is 1. The smallest absolute Gasteiger partial charge is 0.396 e. The average Bonchev–Trinajstić information content (AvgIpc) is 2.53. The zero-order chi connectivity index (χ0) is 11.5. The van der Waals surface area contributed by atoms with Crippen LogP contribution in [-0.2, 0) is 24.2 Å². The summed E-state index contributed by atoms with van der Waals surface area (Å²) in [7, 11) is -1.82. The second-order valence-corrected chi connectivity index (χ2v) is 5.70. The molecule has 86 valence electrons. The fourth-order valence-electron chi connectivity index (χ4n) is 1.43. The van der Waals surface area contributed by atoms with Crippen LogP contribution in [0, 0.1) is 5.92 Å². The summed E-state index contributed by atoms with van der Waals surface area (Å²) in [5.41, 5.74) is 0. The molecular formula is C8H13NO5S. The fraction of sp³-hybridized carbons (Fsp3) is 0.750. The lowest BCUT2D eigenvalue weighted by atomic mass is 10.1. The van der Waals surface area contributed by atoms with Crippen LogP contribution in [0.2, 0.25) is 0 Å². The van der Waals surface area contributed by atoms with Gasteiger partial charge in [-0.1, -0.05) is 0 Å². The standard InChI is InChI=1S/C8H13NO5S/c1-14-8(11)7(10)9-4-6-2-3-15(12,13)5-6/h6H,2-5H2,1H3,(H,9,10). The molecule has 7 heteroatoms. The van der Waals surface area contributed by atoms with E-state index in [0.717, 1.165) is 7.11 Å². The molecule has 0 radical (unpaired) electrons. The number of esters is 1. The van der Waals surface area contributed by atoms with Crippen LogP contribution >= 0.6 is 0 Å². The third kappa shape index (κ3) is 3.50. The summed E-state index contributed by atoms with van der Waals surface area (Å²) in [6.45, 7) is 0.202. The minimum atomic E-state index is -2.94. The lowest BCUT2D eigenvalue weighted by Gasteiger charge is -2.07. The van der Waals surface area contributed by atoms with Crippen molar-refractivity contribution in [1.29, 1.82) is 0 Å². The van der Waals surface area contributed by atoms with Gasteiger partial charge in [-0.15, -0.1) is 0 Å². The maximum atomic E-state index is 11.1. The number of sulfone groups is 1. The lowest BCUT2D eigenvalue weighted by Crippen LogP contribution is -2.35. The number of methoxy groups -OCH3 is 1. The summed E-state index contributed by atoms with van der Waals surface area (Å²) in [6, 6.07) is 0. The Bertz CT molecular complexity index is 361. The summed E-state index contributed by atoms with van der Waals surface area (Å²) in [6.07, 6.45) is 0.532. The molecule has 1 N–H and O–H groups in total. The van der Waals surface area contributed by atoms with Gasteiger partial charge in [0.1, 0.15) is 0 Å². The highest BCUT2D eigenvalue weighted by Gasteiger charge is 2.28. The van der Waals surface area contributed by atoms with Crippen molar-refractivity contribution < 1.29 is 22.7 Å². The van der Waals surface area contributed by atoms with E-state index in [1.165, 1.54) is 0 Å². The van der Waals surface area contributed by atoms with Crippen molar-refractivity contribution in [2.75, 3.05) is 25.2 Å². The Morgan fingerprint density at radius 2 is 2.13 bits per heavy atom. The van der Waals surface area contributed by atoms with E-state index in [1.807, 2.05) is 0 Å². The van der Waals surface area contributed by atoms with Crippen molar-refractivity contribution in [1.82, 2.24) is 5.32 Å². The number of ether oxygens (including phenoxy) is 1. The molecule has 1 heterocycles. The number of carbonyl (C=O) groups is 2. The average molecular weight is 235 g/mol. The highest BCUT2D eigenvalue weighted by molar-refractivity contribution is 7.91. The van der Waals surface area contributed by atoms with Crippen LogP contribution in [0.1, 0.15) is 6.42 Å². The molecule has 1 aliphatic heterocycles. The molecule has 1 aliphatic rings. The van der Waals surface area contributed by atoms with Gasteiger partial charge in [0, 0.05) is 6.54 Å². The van der Waals surface area contributed by atoms with Gasteiger partial charge in [-0.25, -0.2) is 13.2 Å². The summed E-state index contributed by atoms with van der Waals surface area (Å²) < 4.78 is 26.3. The first-order valence-corrected chi connectivity index (χ1v) is 6.33. The lowest BCUT2D eigenvalue weighted by molar-refractivity contribution is -0.152. The molecule has 1 saturated heterocycles. The zero-order valence-electron chi connectivity index (χ0n) is 8.36. The van der Waals surface area contributed by atoms with Crippen molar-refractivity contribution in [3.8, 4) is 0 Å². The SMILES string of the molecule is COC(=O)C(=O)NCC1CCS(=O)(=O)C1. The molecule has 1 rings (SSSR count). The predicted octanol–water partition coefficient (Wildman–Crippen LogP) is -1.29. The Morgan fingerprint density at radius 1 is 1.47 bits per heavy atom. The molecule has 1 atom stereocenters. The van der Waals surface area contributed by atoms with Crippen molar-refractivity contribution in [3.05, 3.63) is 0 Å². The first-order chi connectivity index (χ1) is 6.94. The van der Waals surface area contributed by atoms with Crippen LogP contribution in [0.5, 0.6) is 0 Å². The second-order valence-electron chi connectivity index (χ2n) is 3.47. The van der Waals surface area contributed by atoms with Crippen LogP contribution < -0.4 is 5.32 Å². The van der Waals surface area contributed by atoms with Gasteiger partial charge >= 0.3 is 11.9 Å².